The Kier molecular flexibility index (Phi) is 8.03. The van der Waals surface area contributed by atoms with Crippen molar-refractivity contribution < 1.29 is 0 Å². The molecule has 0 bridgehead atoms. The summed E-state index contributed by atoms with van der Waals surface area (Å²) in [6.07, 6.45) is 7.48. The molecule has 0 spiro atoms. The summed E-state index contributed by atoms with van der Waals surface area (Å²) in [6.45, 7) is 21.8. The van der Waals surface area contributed by atoms with Crippen molar-refractivity contribution in [2.24, 2.45) is 5.41 Å². The number of hydrogen-bond donors (Lipinski definition) is 0. The van der Waals surface area contributed by atoms with Gasteiger partial charge in [0, 0.05) is 0 Å². The van der Waals surface area contributed by atoms with E-state index in [1.54, 1.807) is 0 Å². The van der Waals surface area contributed by atoms with Gasteiger partial charge in [-0.2, -0.15) is 0 Å². The summed E-state index contributed by atoms with van der Waals surface area (Å²) >= 11 is 0. The molecule has 0 N–H and O–H groups in total. The second-order valence-electron chi connectivity index (χ2n) is 10.9. The zero-order valence-corrected chi connectivity index (χ0v) is 22.6. The fourth-order valence-corrected chi connectivity index (χ4v) is 5.28. The van der Waals surface area contributed by atoms with Crippen molar-refractivity contribution in [3.63, 3.8) is 0 Å². The lowest BCUT2D eigenvalue weighted by Crippen LogP contribution is -2.14. The highest BCUT2D eigenvalue weighted by Crippen LogP contribution is 2.31. The molecule has 0 fully saturated rings. The highest BCUT2D eigenvalue weighted by Gasteiger charge is 2.18. The van der Waals surface area contributed by atoms with Gasteiger partial charge in [-0.15, -0.1) is 0 Å². The first-order chi connectivity index (χ1) is 16.0. The molecule has 0 aliphatic carbocycles. The lowest BCUT2D eigenvalue weighted by Gasteiger charge is -2.24. The lowest BCUT2D eigenvalue weighted by molar-refractivity contribution is 0.473. The molecule has 0 nitrogen and oxygen atoms in total. The van der Waals surface area contributed by atoms with Gasteiger partial charge in [0.05, 0.1) is 0 Å². The fraction of sp³-hybridized carbons (Fsp3) is 0.353. The highest BCUT2D eigenvalue weighted by atomic mass is 14.2. The second kappa shape index (κ2) is 10.6. The van der Waals surface area contributed by atoms with Crippen LogP contribution in [0, 0.1) is 40.0 Å². The number of benzene rings is 3. The van der Waals surface area contributed by atoms with Crippen LogP contribution in [0.5, 0.6) is 0 Å². The maximum Gasteiger partial charge on any atom is -0.0129 e. The Hall–Kier alpha value is -2.86. The molecule has 3 aromatic carbocycles. The molecule has 0 saturated heterocycles. The van der Waals surface area contributed by atoms with Crippen LogP contribution in [0.25, 0.3) is 11.1 Å². The van der Waals surface area contributed by atoms with Gasteiger partial charge in [-0.3, -0.25) is 0 Å². The predicted molar refractivity (Wildman–Crippen MR) is 151 cm³/mol. The van der Waals surface area contributed by atoms with Crippen molar-refractivity contribution in [2.45, 2.75) is 74.7 Å². The average molecular weight is 451 g/mol. The molecule has 3 aromatic rings. The molecule has 34 heavy (non-hydrogen) atoms. The van der Waals surface area contributed by atoms with Crippen molar-refractivity contribution in [1.29, 1.82) is 0 Å². The van der Waals surface area contributed by atoms with Crippen LogP contribution in [0.3, 0.4) is 0 Å². The van der Waals surface area contributed by atoms with Crippen molar-refractivity contribution in [1.82, 2.24) is 0 Å². The molecule has 0 heterocycles. The van der Waals surface area contributed by atoms with Crippen molar-refractivity contribution in [3.05, 3.63) is 117 Å². The third kappa shape index (κ3) is 6.38. The minimum absolute atomic E-state index is 0.115. The Balaban J connectivity index is 1.74. The van der Waals surface area contributed by atoms with Crippen LogP contribution in [0.2, 0.25) is 0 Å². The molecule has 0 aliphatic heterocycles. The number of hydrogen-bond acceptors (Lipinski definition) is 0. The molecule has 0 heteroatoms. The summed E-state index contributed by atoms with van der Waals surface area (Å²) in [5, 5.41) is 0. The Morgan fingerprint density at radius 1 is 0.735 bits per heavy atom. The molecule has 0 atom stereocenters. The lowest BCUT2D eigenvalue weighted by atomic mass is 9.81. The fourth-order valence-electron chi connectivity index (χ4n) is 5.28. The van der Waals surface area contributed by atoms with Crippen LogP contribution in [0.4, 0.5) is 0 Å². The zero-order chi connectivity index (χ0) is 25.0. The Bertz CT molecular complexity index is 1190. The van der Waals surface area contributed by atoms with E-state index in [2.05, 4.69) is 117 Å². The molecule has 0 radical (unpaired) electrons. The van der Waals surface area contributed by atoms with Crippen LogP contribution in [-0.4, -0.2) is 0 Å². The van der Waals surface area contributed by atoms with Gasteiger partial charge in [0.2, 0.25) is 0 Å². The van der Waals surface area contributed by atoms with E-state index >= 15 is 0 Å². The first-order valence-electron chi connectivity index (χ1n) is 12.6. The van der Waals surface area contributed by atoms with Gasteiger partial charge >= 0.3 is 0 Å². The van der Waals surface area contributed by atoms with Crippen LogP contribution >= 0.6 is 0 Å². The first-order valence-corrected chi connectivity index (χ1v) is 12.6. The van der Waals surface area contributed by atoms with E-state index < -0.39 is 0 Å². The Labute approximate surface area is 208 Å². The molecule has 0 amide bonds. The third-order valence-corrected chi connectivity index (χ3v) is 6.99. The molecule has 0 saturated carbocycles. The SMILES string of the molecule is C=C/C(C)=C\C(C)(C)Cc1c(C)cc(CCc2ccc(-c3ccc(C)cc3C)c(C)c2)cc1C. The summed E-state index contributed by atoms with van der Waals surface area (Å²) in [7, 11) is 0. The summed E-state index contributed by atoms with van der Waals surface area (Å²) < 4.78 is 0. The minimum Gasteiger partial charge on any atom is -0.0988 e. The Morgan fingerprint density at radius 2 is 1.26 bits per heavy atom. The summed E-state index contributed by atoms with van der Waals surface area (Å²) in [5.74, 6) is 0. The van der Waals surface area contributed by atoms with Gasteiger partial charge in [0.1, 0.15) is 0 Å². The van der Waals surface area contributed by atoms with E-state index in [0.717, 1.165) is 19.3 Å². The quantitative estimate of drug-likeness (QED) is 0.300. The Morgan fingerprint density at radius 3 is 1.82 bits per heavy atom. The topological polar surface area (TPSA) is 0 Å². The third-order valence-electron chi connectivity index (χ3n) is 6.99. The maximum absolute atomic E-state index is 3.91. The van der Waals surface area contributed by atoms with E-state index in [1.807, 2.05) is 6.08 Å². The predicted octanol–water partition coefficient (Wildman–Crippen LogP) is 9.38. The standard InChI is InChI=1S/C34H42/c1-10-23(2)21-34(8,9)22-33-27(6)19-30(20-28(33)7)13-12-29-14-16-32(26(5)18-29)31-15-11-24(3)17-25(31)4/h10-11,14-21H,1,12-13,22H2,2-9H3/b23-21-. The summed E-state index contributed by atoms with van der Waals surface area (Å²) in [4.78, 5) is 0. The van der Waals surface area contributed by atoms with Gasteiger partial charge in [-0.1, -0.05) is 92.2 Å². The first kappa shape index (κ1) is 25.8. The van der Waals surface area contributed by atoms with Crippen LogP contribution < -0.4 is 0 Å². The minimum atomic E-state index is 0.115. The van der Waals surface area contributed by atoms with Crippen molar-refractivity contribution >= 4 is 0 Å². The van der Waals surface area contributed by atoms with E-state index in [9.17, 15) is 0 Å². The summed E-state index contributed by atoms with van der Waals surface area (Å²) in [6, 6.07) is 18.5. The average Bonchev–Trinajstić information content (AvgIpc) is 2.75. The maximum atomic E-state index is 3.91. The monoisotopic (exact) mass is 450 g/mol. The molecular weight excluding hydrogens is 408 g/mol. The van der Waals surface area contributed by atoms with E-state index in [4.69, 9.17) is 0 Å². The van der Waals surface area contributed by atoms with E-state index in [1.165, 1.54) is 61.2 Å². The zero-order valence-electron chi connectivity index (χ0n) is 22.6. The highest BCUT2D eigenvalue weighted by molar-refractivity contribution is 5.71. The number of rotatable bonds is 8. The molecule has 0 aliphatic rings. The van der Waals surface area contributed by atoms with Gasteiger partial charge in [0.25, 0.3) is 0 Å². The van der Waals surface area contributed by atoms with E-state index in [-0.39, 0.29) is 5.41 Å². The molecule has 0 unspecified atom stereocenters. The van der Waals surface area contributed by atoms with Gasteiger partial charge in [-0.25, -0.2) is 0 Å². The van der Waals surface area contributed by atoms with Gasteiger partial charge in [-0.05, 0) is 116 Å². The normalized spacial score (nSPS) is 12.2. The largest absolute Gasteiger partial charge is 0.0988 e. The van der Waals surface area contributed by atoms with Crippen LogP contribution in [-0.2, 0) is 19.3 Å². The second-order valence-corrected chi connectivity index (χ2v) is 10.9. The van der Waals surface area contributed by atoms with Gasteiger partial charge in [0.15, 0.2) is 0 Å². The summed E-state index contributed by atoms with van der Waals surface area (Å²) in [5.41, 5.74) is 15.2. The van der Waals surface area contributed by atoms with Crippen molar-refractivity contribution in [3.8, 4) is 11.1 Å². The van der Waals surface area contributed by atoms with E-state index in [0.29, 0.717) is 0 Å². The van der Waals surface area contributed by atoms with Crippen LogP contribution in [0.1, 0.15) is 65.3 Å². The number of aryl methyl sites for hydroxylation is 7. The molecule has 0 aromatic heterocycles. The van der Waals surface area contributed by atoms with Gasteiger partial charge < -0.3 is 0 Å². The molecular formula is C34H42. The molecule has 3 rings (SSSR count). The number of allylic oxidation sites excluding steroid dienone is 3. The molecule has 178 valence electrons. The van der Waals surface area contributed by atoms with Crippen LogP contribution in [0.15, 0.2) is 72.8 Å². The smallest absolute Gasteiger partial charge is 0.0129 e. The van der Waals surface area contributed by atoms with Crippen molar-refractivity contribution in [2.75, 3.05) is 0 Å².